The number of nitrogens with zero attached hydrogens (tertiary/aromatic N) is 1. The first kappa shape index (κ1) is 16.3. The van der Waals surface area contributed by atoms with E-state index < -0.39 is 17.4 Å². The molecule has 1 aliphatic heterocycles. The van der Waals surface area contributed by atoms with Crippen molar-refractivity contribution in [1.29, 1.82) is 0 Å². The zero-order valence-corrected chi connectivity index (χ0v) is 13.4. The van der Waals surface area contributed by atoms with Gasteiger partial charge in [-0.3, -0.25) is 15.0 Å². The van der Waals surface area contributed by atoms with E-state index in [2.05, 4.69) is 12.3 Å². The Morgan fingerprint density at radius 2 is 1.76 bits per heavy atom. The molecule has 1 saturated carbocycles. The normalized spacial score (nSPS) is 31.1. The fourth-order valence-corrected chi connectivity index (χ4v) is 3.60. The van der Waals surface area contributed by atoms with Crippen molar-refractivity contribution in [3.8, 4) is 0 Å². The third-order valence-electron chi connectivity index (χ3n) is 5.40. The Balaban J connectivity index is 1.96. The highest BCUT2D eigenvalue weighted by Gasteiger charge is 2.40. The molecule has 1 atom stereocenters. The maximum atomic E-state index is 12.6. The van der Waals surface area contributed by atoms with Crippen LogP contribution in [0.2, 0.25) is 0 Å². The third-order valence-corrected chi connectivity index (χ3v) is 5.40. The molecule has 2 rings (SSSR count). The summed E-state index contributed by atoms with van der Waals surface area (Å²) < 4.78 is 0. The number of hydrazine groups is 1. The second-order valence-corrected chi connectivity index (χ2v) is 7.31. The van der Waals surface area contributed by atoms with E-state index in [1.165, 1.54) is 12.8 Å². The maximum Gasteiger partial charge on any atom is 0.322 e. The lowest BCUT2D eigenvalue weighted by atomic mass is 9.68. The number of hydrogen-bond donors (Lipinski definition) is 2. The van der Waals surface area contributed by atoms with Crippen LogP contribution in [0.5, 0.6) is 0 Å². The van der Waals surface area contributed by atoms with Crippen molar-refractivity contribution in [2.45, 2.75) is 65.3 Å². The Bertz CT molecular complexity index is 400. The van der Waals surface area contributed by atoms with Crippen LogP contribution in [-0.4, -0.2) is 34.6 Å². The van der Waals surface area contributed by atoms with Crippen molar-refractivity contribution in [1.82, 2.24) is 10.4 Å². The summed E-state index contributed by atoms with van der Waals surface area (Å²) in [4.78, 5) is 23.8. The van der Waals surface area contributed by atoms with Crippen molar-refractivity contribution in [2.75, 3.05) is 6.54 Å². The van der Waals surface area contributed by atoms with E-state index in [-0.39, 0.29) is 5.91 Å². The van der Waals surface area contributed by atoms with E-state index >= 15 is 0 Å². The molecule has 5 heteroatoms. The van der Waals surface area contributed by atoms with E-state index in [9.17, 15) is 14.7 Å². The Kier molecular flexibility index (Phi) is 4.91. The molecule has 5 nitrogen and oxygen atoms in total. The standard InChI is InChI=1S/C16H28N2O3/c1-11-6-8-12(9-7-11)16(2,3)15(21)17-18-10-4-5-13(18)14(19)20/h11-13H,4-10H2,1-3H3,(H,17,21)(H,19,20). The molecule has 2 N–H and O–H groups in total. The first-order valence-electron chi connectivity index (χ1n) is 8.13. The molecular formula is C16H28N2O3. The number of carbonyl (C=O) groups is 2. The summed E-state index contributed by atoms with van der Waals surface area (Å²) in [7, 11) is 0. The zero-order chi connectivity index (χ0) is 15.6. The molecule has 0 aromatic rings. The van der Waals surface area contributed by atoms with Gasteiger partial charge in [0.25, 0.3) is 0 Å². The zero-order valence-electron chi connectivity index (χ0n) is 13.4. The van der Waals surface area contributed by atoms with Crippen molar-refractivity contribution >= 4 is 11.9 Å². The van der Waals surface area contributed by atoms with Crippen LogP contribution in [0.4, 0.5) is 0 Å². The average molecular weight is 296 g/mol. The number of rotatable bonds is 4. The fraction of sp³-hybridized carbons (Fsp3) is 0.875. The highest BCUT2D eigenvalue weighted by atomic mass is 16.4. The van der Waals surface area contributed by atoms with Gasteiger partial charge in [-0.2, -0.15) is 0 Å². The molecule has 0 aromatic heterocycles. The van der Waals surface area contributed by atoms with Gasteiger partial charge < -0.3 is 5.11 Å². The molecule has 0 radical (unpaired) electrons. The van der Waals surface area contributed by atoms with Gasteiger partial charge in [0, 0.05) is 12.0 Å². The van der Waals surface area contributed by atoms with Gasteiger partial charge in [0.05, 0.1) is 0 Å². The highest BCUT2D eigenvalue weighted by Crippen LogP contribution is 2.40. The van der Waals surface area contributed by atoms with E-state index in [1.54, 1.807) is 5.01 Å². The van der Waals surface area contributed by atoms with Gasteiger partial charge in [0.2, 0.25) is 5.91 Å². The summed E-state index contributed by atoms with van der Waals surface area (Å²) in [6, 6.07) is -0.573. The summed E-state index contributed by atoms with van der Waals surface area (Å²) in [6.07, 6.45) is 5.97. The predicted octanol–water partition coefficient (Wildman–Crippen LogP) is 2.42. The molecule has 120 valence electrons. The van der Waals surface area contributed by atoms with E-state index in [4.69, 9.17) is 0 Å². The van der Waals surface area contributed by atoms with E-state index in [0.717, 1.165) is 25.2 Å². The molecule has 2 fully saturated rings. The molecule has 0 spiro atoms. The van der Waals surface area contributed by atoms with Gasteiger partial charge in [-0.1, -0.05) is 33.6 Å². The smallest absolute Gasteiger partial charge is 0.322 e. The summed E-state index contributed by atoms with van der Waals surface area (Å²) in [6.45, 7) is 6.88. The Hall–Kier alpha value is -1.10. The Morgan fingerprint density at radius 1 is 1.14 bits per heavy atom. The van der Waals surface area contributed by atoms with Crippen LogP contribution in [0.25, 0.3) is 0 Å². The second kappa shape index (κ2) is 6.34. The summed E-state index contributed by atoms with van der Waals surface area (Å²) in [5.41, 5.74) is 2.43. The third kappa shape index (κ3) is 3.57. The quantitative estimate of drug-likeness (QED) is 0.836. The molecule has 1 saturated heterocycles. The molecular weight excluding hydrogens is 268 g/mol. The van der Waals surface area contributed by atoms with Crippen LogP contribution < -0.4 is 5.43 Å². The van der Waals surface area contributed by atoms with E-state index in [0.29, 0.717) is 18.9 Å². The van der Waals surface area contributed by atoms with Crippen molar-refractivity contribution in [3.63, 3.8) is 0 Å². The minimum Gasteiger partial charge on any atom is -0.480 e. The van der Waals surface area contributed by atoms with Crippen LogP contribution in [0.3, 0.4) is 0 Å². The molecule has 1 unspecified atom stereocenters. The number of carboxylic acids is 1. The number of amides is 1. The Labute approximate surface area is 127 Å². The van der Waals surface area contributed by atoms with Gasteiger partial charge in [-0.25, -0.2) is 5.01 Å². The Morgan fingerprint density at radius 3 is 2.33 bits per heavy atom. The number of carboxylic acid groups (broad SMARTS) is 1. The van der Waals surface area contributed by atoms with Gasteiger partial charge >= 0.3 is 5.97 Å². The molecule has 1 amide bonds. The lowest BCUT2D eigenvalue weighted by Crippen LogP contribution is -2.53. The predicted molar refractivity (Wildman–Crippen MR) is 80.4 cm³/mol. The molecule has 1 aliphatic carbocycles. The molecule has 0 aromatic carbocycles. The molecule has 0 bridgehead atoms. The number of carbonyl (C=O) groups excluding carboxylic acids is 1. The summed E-state index contributed by atoms with van der Waals surface area (Å²) in [5.74, 6) is 0.266. The highest BCUT2D eigenvalue weighted by molar-refractivity contribution is 5.82. The van der Waals surface area contributed by atoms with E-state index in [1.807, 2.05) is 13.8 Å². The number of aliphatic carboxylic acids is 1. The first-order chi connectivity index (χ1) is 9.82. The number of hydrogen-bond acceptors (Lipinski definition) is 3. The molecule has 21 heavy (non-hydrogen) atoms. The monoisotopic (exact) mass is 296 g/mol. The molecule has 1 heterocycles. The van der Waals surface area contributed by atoms with Crippen LogP contribution in [0.1, 0.15) is 59.3 Å². The topological polar surface area (TPSA) is 69.6 Å². The van der Waals surface area contributed by atoms with Crippen LogP contribution in [0.15, 0.2) is 0 Å². The maximum absolute atomic E-state index is 12.6. The van der Waals surface area contributed by atoms with Gasteiger partial charge in [0.15, 0.2) is 0 Å². The SMILES string of the molecule is CC1CCC(C(C)(C)C(=O)NN2CCCC2C(=O)O)CC1. The summed E-state index contributed by atoms with van der Waals surface area (Å²) >= 11 is 0. The lowest BCUT2D eigenvalue weighted by molar-refractivity contribution is -0.147. The lowest BCUT2D eigenvalue weighted by Gasteiger charge is -2.38. The first-order valence-corrected chi connectivity index (χ1v) is 8.13. The van der Waals surface area contributed by atoms with Crippen LogP contribution in [-0.2, 0) is 9.59 Å². The fourth-order valence-electron chi connectivity index (χ4n) is 3.60. The van der Waals surface area contributed by atoms with Crippen molar-refractivity contribution < 1.29 is 14.7 Å². The minimum atomic E-state index is -0.850. The van der Waals surface area contributed by atoms with Gasteiger partial charge in [-0.15, -0.1) is 0 Å². The average Bonchev–Trinajstić information content (AvgIpc) is 2.87. The second-order valence-electron chi connectivity index (χ2n) is 7.31. The van der Waals surface area contributed by atoms with Crippen molar-refractivity contribution in [2.24, 2.45) is 17.3 Å². The number of nitrogens with one attached hydrogen (secondary N) is 1. The van der Waals surface area contributed by atoms with Crippen LogP contribution >= 0.6 is 0 Å². The molecule has 2 aliphatic rings. The minimum absolute atomic E-state index is 0.0322. The van der Waals surface area contributed by atoms with Crippen molar-refractivity contribution in [3.05, 3.63) is 0 Å². The van der Waals surface area contributed by atoms with Gasteiger partial charge in [-0.05, 0) is 37.5 Å². The largest absolute Gasteiger partial charge is 0.480 e. The van der Waals surface area contributed by atoms with Crippen LogP contribution in [0, 0.1) is 17.3 Å². The van der Waals surface area contributed by atoms with Gasteiger partial charge in [0.1, 0.15) is 6.04 Å². The summed E-state index contributed by atoms with van der Waals surface area (Å²) in [5, 5.41) is 10.8.